The van der Waals surface area contributed by atoms with Crippen LogP contribution in [0.4, 0.5) is 0 Å². The molecule has 0 aromatic carbocycles. The first kappa shape index (κ1) is 23.9. The predicted molar refractivity (Wildman–Crippen MR) is 110 cm³/mol. The van der Waals surface area contributed by atoms with Crippen molar-refractivity contribution in [2.24, 2.45) is 11.5 Å². The molecule has 0 atom stereocenters. The smallest absolute Gasteiger partial charge is 0.00388 e. The summed E-state index contributed by atoms with van der Waals surface area (Å²) in [5.74, 6) is 0. The SMILES string of the molecule is CCCCCCCCCCCCCCCCCCN.NC1CCC1. The van der Waals surface area contributed by atoms with Crippen LogP contribution in [0.3, 0.4) is 0 Å². The third kappa shape index (κ3) is 20.0. The van der Waals surface area contributed by atoms with Crippen LogP contribution < -0.4 is 11.5 Å². The van der Waals surface area contributed by atoms with E-state index in [4.69, 9.17) is 11.5 Å². The van der Waals surface area contributed by atoms with Gasteiger partial charge in [-0.15, -0.1) is 0 Å². The van der Waals surface area contributed by atoms with Crippen molar-refractivity contribution in [2.45, 2.75) is 135 Å². The molecule has 0 bridgehead atoms. The van der Waals surface area contributed by atoms with Gasteiger partial charge in [0, 0.05) is 6.04 Å². The van der Waals surface area contributed by atoms with E-state index in [9.17, 15) is 0 Å². The second-order valence-electron chi connectivity index (χ2n) is 7.78. The first-order valence-electron chi connectivity index (χ1n) is 11.3. The highest BCUT2D eigenvalue weighted by Gasteiger charge is 2.09. The summed E-state index contributed by atoms with van der Waals surface area (Å²) in [6.45, 7) is 3.16. The van der Waals surface area contributed by atoms with Gasteiger partial charge < -0.3 is 11.5 Å². The van der Waals surface area contributed by atoms with E-state index in [1.54, 1.807) is 0 Å². The fourth-order valence-corrected chi connectivity index (χ4v) is 3.13. The summed E-state index contributed by atoms with van der Waals surface area (Å²) in [7, 11) is 0. The number of rotatable bonds is 16. The molecule has 0 heterocycles. The Balaban J connectivity index is 0.000000889. The van der Waals surface area contributed by atoms with Crippen LogP contribution in [0.1, 0.15) is 129 Å². The van der Waals surface area contributed by atoms with Gasteiger partial charge in [-0.3, -0.25) is 0 Å². The summed E-state index contributed by atoms with van der Waals surface area (Å²) >= 11 is 0. The molecule has 0 aromatic heterocycles. The average Bonchev–Trinajstić information content (AvgIpc) is 2.57. The molecule has 2 heteroatoms. The molecular formula is C22H48N2. The Kier molecular flexibility index (Phi) is 20.9. The van der Waals surface area contributed by atoms with E-state index in [1.807, 2.05) is 0 Å². The van der Waals surface area contributed by atoms with Crippen molar-refractivity contribution in [3.8, 4) is 0 Å². The van der Waals surface area contributed by atoms with Gasteiger partial charge in [0.05, 0.1) is 0 Å². The van der Waals surface area contributed by atoms with E-state index in [0.29, 0.717) is 6.04 Å². The van der Waals surface area contributed by atoms with Crippen molar-refractivity contribution in [1.82, 2.24) is 0 Å². The van der Waals surface area contributed by atoms with Crippen molar-refractivity contribution in [3.05, 3.63) is 0 Å². The molecule has 1 rings (SSSR count). The van der Waals surface area contributed by atoms with E-state index in [1.165, 1.54) is 122 Å². The molecule has 0 saturated heterocycles. The maximum Gasteiger partial charge on any atom is 0.00388 e. The second kappa shape index (κ2) is 21.0. The lowest BCUT2D eigenvalue weighted by Crippen LogP contribution is -2.27. The van der Waals surface area contributed by atoms with Crippen molar-refractivity contribution in [2.75, 3.05) is 6.54 Å². The molecule has 1 aliphatic carbocycles. The zero-order valence-electron chi connectivity index (χ0n) is 16.9. The summed E-state index contributed by atoms with van der Waals surface area (Å²) in [6, 6.07) is 0.565. The summed E-state index contributed by atoms with van der Waals surface area (Å²) in [5, 5.41) is 0. The Labute approximate surface area is 153 Å². The Morgan fingerprint density at radius 2 is 0.875 bits per heavy atom. The minimum absolute atomic E-state index is 0.565. The van der Waals surface area contributed by atoms with Crippen LogP contribution in [-0.4, -0.2) is 12.6 Å². The highest BCUT2D eigenvalue weighted by molar-refractivity contribution is 4.70. The van der Waals surface area contributed by atoms with E-state index in [2.05, 4.69) is 6.92 Å². The highest BCUT2D eigenvalue weighted by atomic mass is 14.6. The van der Waals surface area contributed by atoms with Crippen molar-refractivity contribution >= 4 is 0 Å². The maximum absolute atomic E-state index is 5.48. The van der Waals surface area contributed by atoms with E-state index < -0.39 is 0 Å². The molecule has 1 fully saturated rings. The van der Waals surface area contributed by atoms with Crippen LogP contribution in [0.25, 0.3) is 0 Å². The van der Waals surface area contributed by atoms with Gasteiger partial charge >= 0.3 is 0 Å². The van der Waals surface area contributed by atoms with Crippen molar-refractivity contribution < 1.29 is 0 Å². The first-order valence-corrected chi connectivity index (χ1v) is 11.3. The Morgan fingerprint density at radius 1 is 0.583 bits per heavy atom. The van der Waals surface area contributed by atoms with Crippen LogP contribution in [0.15, 0.2) is 0 Å². The fraction of sp³-hybridized carbons (Fsp3) is 1.00. The molecule has 0 radical (unpaired) electrons. The quantitative estimate of drug-likeness (QED) is 0.307. The van der Waals surface area contributed by atoms with Gasteiger partial charge in [0.15, 0.2) is 0 Å². The number of nitrogens with two attached hydrogens (primary N) is 2. The summed E-state index contributed by atoms with van der Waals surface area (Å²) in [4.78, 5) is 0. The Morgan fingerprint density at radius 3 is 1.08 bits per heavy atom. The Hall–Kier alpha value is -0.0800. The predicted octanol–water partition coefficient (Wildman–Crippen LogP) is 6.70. The number of hydrogen-bond donors (Lipinski definition) is 2. The lowest BCUT2D eigenvalue weighted by Gasteiger charge is -2.18. The molecule has 0 unspecified atom stereocenters. The van der Waals surface area contributed by atoms with Crippen molar-refractivity contribution in [1.29, 1.82) is 0 Å². The van der Waals surface area contributed by atoms with Gasteiger partial charge in [0.1, 0.15) is 0 Å². The monoisotopic (exact) mass is 340 g/mol. The topological polar surface area (TPSA) is 52.0 Å². The van der Waals surface area contributed by atoms with E-state index in [0.717, 1.165) is 6.54 Å². The molecular weight excluding hydrogens is 292 g/mol. The van der Waals surface area contributed by atoms with Crippen LogP contribution in [0.2, 0.25) is 0 Å². The summed E-state index contributed by atoms with van der Waals surface area (Å²) in [5.41, 5.74) is 10.9. The maximum atomic E-state index is 5.48. The molecule has 0 amide bonds. The third-order valence-electron chi connectivity index (χ3n) is 5.21. The number of unbranched alkanes of at least 4 members (excludes halogenated alkanes) is 15. The van der Waals surface area contributed by atoms with Gasteiger partial charge in [-0.2, -0.15) is 0 Å². The van der Waals surface area contributed by atoms with Gasteiger partial charge in [0.25, 0.3) is 0 Å². The summed E-state index contributed by atoms with van der Waals surface area (Å²) in [6.07, 6.45) is 26.7. The van der Waals surface area contributed by atoms with Crippen LogP contribution >= 0.6 is 0 Å². The van der Waals surface area contributed by atoms with Gasteiger partial charge in [-0.1, -0.05) is 110 Å². The standard InChI is InChI=1S/C18H39N.C4H9N/c1-2-3-4-5-6-7-8-9-10-11-12-13-14-15-16-17-18-19;5-4-2-1-3-4/h2-19H2,1H3;4H,1-3,5H2. The lowest BCUT2D eigenvalue weighted by molar-refractivity contribution is 0.418. The normalized spacial score (nSPS) is 14.1. The minimum atomic E-state index is 0.565. The zero-order valence-corrected chi connectivity index (χ0v) is 16.9. The van der Waals surface area contributed by atoms with Gasteiger partial charge in [-0.05, 0) is 25.8 Å². The molecule has 4 N–H and O–H groups in total. The molecule has 0 spiro atoms. The van der Waals surface area contributed by atoms with Gasteiger partial charge in [0.2, 0.25) is 0 Å². The van der Waals surface area contributed by atoms with E-state index >= 15 is 0 Å². The Bertz CT molecular complexity index is 198. The zero-order chi connectivity index (χ0) is 17.7. The minimum Gasteiger partial charge on any atom is -0.330 e. The molecule has 146 valence electrons. The molecule has 1 saturated carbocycles. The average molecular weight is 341 g/mol. The molecule has 2 nitrogen and oxygen atoms in total. The van der Waals surface area contributed by atoms with Crippen LogP contribution in [0.5, 0.6) is 0 Å². The lowest BCUT2D eigenvalue weighted by atomic mass is 9.95. The van der Waals surface area contributed by atoms with E-state index in [-0.39, 0.29) is 0 Å². The van der Waals surface area contributed by atoms with Crippen LogP contribution in [0, 0.1) is 0 Å². The largest absolute Gasteiger partial charge is 0.330 e. The van der Waals surface area contributed by atoms with Crippen molar-refractivity contribution in [3.63, 3.8) is 0 Å². The van der Waals surface area contributed by atoms with Gasteiger partial charge in [-0.25, -0.2) is 0 Å². The molecule has 24 heavy (non-hydrogen) atoms. The summed E-state index contributed by atoms with van der Waals surface area (Å²) < 4.78 is 0. The molecule has 0 aromatic rings. The third-order valence-corrected chi connectivity index (χ3v) is 5.21. The fourth-order valence-electron chi connectivity index (χ4n) is 3.13. The molecule has 1 aliphatic rings. The second-order valence-corrected chi connectivity index (χ2v) is 7.78. The number of hydrogen-bond acceptors (Lipinski definition) is 2. The highest BCUT2D eigenvalue weighted by Crippen LogP contribution is 2.14. The van der Waals surface area contributed by atoms with Crippen LogP contribution in [-0.2, 0) is 0 Å². The molecule has 0 aliphatic heterocycles. The first-order chi connectivity index (χ1) is 11.8.